The van der Waals surface area contributed by atoms with Gasteiger partial charge < -0.3 is 19.0 Å². The standard InChI is InChI=1S/C21H17F3O5/c1-13-15(11-27-17-6-8-18(9-7-17)28-12-20(25)26)10-19(29-13)14-2-4-16(5-3-14)21(22,23)24/h2-10H,11-12H2,1H3,(H,25,26). The van der Waals surface area contributed by atoms with Crippen LogP contribution in [0.15, 0.2) is 59.0 Å². The summed E-state index contributed by atoms with van der Waals surface area (Å²) in [5.41, 5.74) is 0.572. The average Bonchev–Trinajstić information content (AvgIpc) is 3.05. The highest BCUT2D eigenvalue weighted by Gasteiger charge is 2.30. The molecule has 5 nitrogen and oxygen atoms in total. The molecular weight excluding hydrogens is 389 g/mol. The van der Waals surface area contributed by atoms with Crippen molar-refractivity contribution in [3.05, 3.63) is 71.5 Å². The van der Waals surface area contributed by atoms with Gasteiger partial charge in [0.2, 0.25) is 0 Å². The van der Waals surface area contributed by atoms with E-state index in [9.17, 15) is 18.0 Å². The number of rotatable bonds is 7. The van der Waals surface area contributed by atoms with Crippen LogP contribution in [0.25, 0.3) is 11.3 Å². The van der Waals surface area contributed by atoms with Crippen LogP contribution in [-0.4, -0.2) is 17.7 Å². The Morgan fingerprint density at radius 1 is 1.00 bits per heavy atom. The second-order valence-corrected chi connectivity index (χ2v) is 6.21. The molecule has 1 aromatic heterocycles. The van der Waals surface area contributed by atoms with Crippen molar-refractivity contribution in [2.75, 3.05) is 6.61 Å². The van der Waals surface area contributed by atoms with Crippen molar-refractivity contribution in [3.8, 4) is 22.8 Å². The Hall–Kier alpha value is -3.42. The largest absolute Gasteiger partial charge is 0.489 e. The van der Waals surface area contributed by atoms with E-state index in [1.807, 2.05) is 0 Å². The molecule has 29 heavy (non-hydrogen) atoms. The number of benzene rings is 2. The second-order valence-electron chi connectivity index (χ2n) is 6.21. The van der Waals surface area contributed by atoms with E-state index in [0.29, 0.717) is 28.6 Å². The number of alkyl halides is 3. The lowest BCUT2D eigenvalue weighted by Gasteiger charge is -2.07. The summed E-state index contributed by atoms with van der Waals surface area (Å²) < 4.78 is 54.4. The van der Waals surface area contributed by atoms with Crippen molar-refractivity contribution in [2.45, 2.75) is 19.7 Å². The molecular formula is C21H17F3O5. The van der Waals surface area contributed by atoms with Crippen LogP contribution in [0.5, 0.6) is 11.5 Å². The van der Waals surface area contributed by atoms with Crippen molar-refractivity contribution in [1.82, 2.24) is 0 Å². The van der Waals surface area contributed by atoms with E-state index >= 15 is 0 Å². The van der Waals surface area contributed by atoms with Gasteiger partial charge in [0.05, 0.1) is 5.56 Å². The number of aryl methyl sites for hydroxylation is 1. The smallest absolute Gasteiger partial charge is 0.416 e. The lowest BCUT2D eigenvalue weighted by molar-refractivity contribution is -0.139. The summed E-state index contributed by atoms with van der Waals surface area (Å²) in [6.07, 6.45) is -4.38. The van der Waals surface area contributed by atoms with Crippen LogP contribution in [0.2, 0.25) is 0 Å². The van der Waals surface area contributed by atoms with Crippen LogP contribution in [0.4, 0.5) is 13.2 Å². The van der Waals surface area contributed by atoms with Crippen molar-refractivity contribution in [1.29, 1.82) is 0 Å². The fourth-order valence-electron chi connectivity index (χ4n) is 2.57. The molecule has 0 saturated carbocycles. The molecule has 8 heteroatoms. The number of carboxylic acids is 1. The van der Waals surface area contributed by atoms with Crippen LogP contribution in [0.1, 0.15) is 16.9 Å². The lowest BCUT2D eigenvalue weighted by Crippen LogP contribution is -2.09. The highest BCUT2D eigenvalue weighted by atomic mass is 19.4. The first-order chi connectivity index (χ1) is 13.7. The fraction of sp³-hybridized carbons (Fsp3) is 0.190. The third-order valence-corrected chi connectivity index (χ3v) is 4.10. The van der Waals surface area contributed by atoms with Gasteiger partial charge in [-0.05, 0) is 49.4 Å². The topological polar surface area (TPSA) is 68.9 Å². The van der Waals surface area contributed by atoms with Crippen molar-refractivity contribution >= 4 is 5.97 Å². The number of ether oxygens (including phenoxy) is 2. The molecule has 0 aliphatic rings. The second kappa shape index (κ2) is 8.30. The third kappa shape index (κ3) is 5.31. The number of aliphatic carboxylic acids is 1. The minimum absolute atomic E-state index is 0.200. The fourth-order valence-corrected chi connectivity index (χ4v) is 2.57. The zero-order valence-electron chi connectivity index (χ0n) is 15.3. The number of carboxylic acid groups (broad SMARTS) is 1. The van der Waals surface area contributed by atoms with E-state index in [1.165, 1.54) is 12.1 Å². The Kier molecular flexibility index (Phi) is 5.81. The molecule has 1 N–H and O–H groups in total. The minimum Gasteiger partial charge on any atom is -0.489 e. The maximum atomic E-state index is 12.7. The first-order valence-electron chi connectivity index (χ1n) is 8.57. The van der Waals surface area contributed by atoms with E-state index in [0.717, 1.165) is 17.7 Å². The molecule has 0 bridgehead atoms. The van der Waals surface area contributed by atoms with Gasteiger partial charge in [-0.15, -0.1) is 0 Å². The van der Waals surface area contributed by atoms with Crippen LogP contribution in [0, 0.1) is 6.92 Å². The summed E-state index contributed by atoms with van der Waals surface area (Å²) in [6.45, 7) is 1.52. The first kappa shape index (κ1) is 20.3. The number of carbonyl (C=O) groups is 1. The van der Waals surface area contributed by atoms with Gasteiger partial charge in [0, 0.05) is 11.1 Å². The molecule has 0 saturated heterocycles. The molecule has 0 fully saturated rings. The summed E-state index contributed by atoms with van der Waals surface area (Å²) in [7, 11) is 0. The van der Waals surface area contributed by atoms with Crippen LogP contribution < -0.4 is 9.47 Å². The molecule has 0 aliphatic heterocycles. The molecule has 0 amide bonds. The van der Waals surface area contributed by atoms with Gasteiger partial charge in [0.1, 0.15) is 29.6 Å². The van der Waals surface area contributed by atoms with Gasteiger partial charge >= 0.3 is 12.1 Å². The molecule has 0 aliphatic carbocycles. The highest BCUT2D eigenvalue weighted by Crippen LogP contribution is 2.32. The Balaban J connectivity index is 1.64. The SMILES string of the molecule is Cc1oc(-c2ccc(C(F)(F)F)cc2)cc1COc1ccc(OCC(=O)O)cc1. The van der Waals surface area contributed by atoms with Gasteiger partial charge in [-0.1, -0.05) is 12.1 Å². The highest BCUT2D eigenvalue weighted by molar-refractivity contribution is 5.68. The molecule has 0 atom stereocenters. The summed E-state index contributed by atoms with van der Waals surface area (Å²) in [5.74, 6) is 0.936. The maximum Gasteiger partial charge on any atom is 0.416 e. The Bertz CT molecular complexity index is 973. The molecule has 3 aromatic rings. The van der Waals surface area contributed by atoms with Gasteiger partial charge in [0.15, 0.2) is 6.61 Å². The normalized spacial score (nSPS) is 11.3. The predicted molar refractivity (Wildman–Crippen MR) is 97.8 cm³/mol. The number of hydrogen-bond donors (Lipinski definition) is 1. The molecule has 0 radical (unpaired) electrons. The Morgan fingerprint density at radius 2 is 1.59 bits per heavy atom. The zero-order valence-corrected chi connectivity index (χ0v) is 15.3. The molecule has 3 rings (SSSR count). The maximum absolute atomic E-state index is 12.7. The Labute approximate surface area is 164 Å². The van der Waals surface area contributed by atoms with Crippen LogP contribution in [-0.2, 0) is 17.6 Å². The average molecular weight is 406 g/mol. The minimum atomic E-state index is -4.38. The van der Waals surface area contributed by atoms with Gasteiger partial charge in [-0.2, -0.15) is 13.2 Å². The molecule has 0 unspecified atom stereocenters. The summed E-state index contributed by atoms with van der Waals surface area (Å²) in [5, 5.41) is 8.59. The molecule has 0 spiro atoms. The van der Waals surface area contributed by atoms with Crippen molar-refractivity contribution < 1.29 is 37.0 Å². The van der Waals surface area contributed by atoms with E-state index in [1.54, 1.807) is 37.3 Å². The first-order valence-corrected chi connectivity index (χ1v) is 8.57. The van der Waals surface area contributed by atoms with E-state index in [-0.39, 0.29) is 6.61 Å². The van der Waals surface area contributed by atoms with Crippen LogP contribution >= 0.6 is 0 Å². The molecule has 152 valence electrons. The van der Waals surface area contributed by atoms with E-state index in [4.69, 9.17) is 19.0 Å². The van der Waals surface area contributed by atoms with Gasteiger partial charge in [0.25, 0.3) is 0 Å². The third-order valence-electron chi connectivity index (χ3n) is 4.10. The van der Waals surface area contributed by atoms with Gasteiger partial charge in [-0.3, -0.25) is 0 Å². The summed E-state index contributed by atoms with van der Waals surface area (Å²) in [6, 6.07) is 12.9. The Morgan fingerprint density at radius 3 is 2.14 bits per heavy atom. The van der Waals surface area contributed by atoms with E-state index in [2.05, 4.69) is 0 Å². The summed E-state index contributed by atoms with van der Waals surface area (Å²) >= 11 is 0. The summed E-state index contributed by atoms with van der Waals surface area (Å²) in [4.78, 5) is 10.5. The monoisotopic (exact) mass is 406 g/mol. The number of furan rings is 1. The predicted octanol–water partition coefficient (Wildman–Crippen LogP) is 5.32. The van der Waals surface area contributed by atoms with E-state index < -0.39 is 24.3 Å². The number of halogens is 3. The lowest BCUT2D eigenvalue weighted by atomic mass is 10.1. The van der Waals surface area contributed by atoms with Crippen molar-refractivity contribution in [2.24, 2.45) is 0 Å². The quantitative estimate of drug-likeness (QED) is 0.575. The molecule has 1 heterocycles. The molecule has 2 aromatic carbocycles. The van der Waals surface area contributed by atoms with Gasteiger partial charge in [-0.25, -0.2) is 4.79 Å². The number of hydrogen-bond acceptors (Lipinski definition) is 4. The van der Waals surface area contributed by atoms with Crippen LogP contribution in [0.3, 0.4) is 0 Å². The zero-order chi connectivity index (χ0) is 21.0. The van der Waals surface area contributed by atoms with Crippen molar-refractivity contribution in [3.63, 3.8) is 0 Å².